The van der Waals surface area contributed by atoms with Gasteiger partial charge < -0.3 is 10.1 Å². The van der Waals surface area contributed by atoms with Crippen molar-refractivity contribution in [2.45, 2.75) is 13.3 Å². The van der Waals surface area contributed by atoms with Crippen molar-refractivity contribution in [3.05, 3.63) is 36.0 Å². The monoisotopic (exact) mass is 258 g/mol. The minimum absolute atomic E-state index is 0.302. The van der Waals surface area contributed by atoms with Gasteiger partial charge in [0.1, 0.15) is 0 Å². The number of aliphatic imine (C=N–C) groups is 1. The number of amides is 1. The molecule has 5 nitrogen and oxygen atoms in total. The first kappa shape index (κ1) is 13.0. The van der Waals surface area contributed by atoms with E-state index in [4.69, 9.17) is 5.11 Å². The molecular weight excluding hydrogens is 244 g/mol. The van der Waals surface area contributed by atoms with E-state index in [9.17, 15) is 9.59 Å². The molecule has 0 aliphatic rings. The van der Waals surface area contributed by atoms with Gasteiger partial charge in [-0.05, 0) is 18.1 Å². The molecule has 19 heavy (non-hydrogen) atoms. The van der Waals surface area contributed by atoms with Crippen LogP contribution in [0.25, 0.3) is 10.9 Å². The Morgan fingerprint density at radius 3 is 2.84 bits per heavy atom. The molecule has 0 bridgehead atoms. The molecule has 2 N–H and O–H groups in total. The fourth-order valence-electron chi connectivity index (χ4n) is 1.94. The Hall–Kier alpha value is -2.43. The molecule has 1 aromatic carbocycles. The van der Waals surface area contributed by atoms with Gasteiger partial charge in [0.2, 0.25) is 5.91 Å². The molecule has 0 aliphatic carbocycles. The standard InChI is InChI=1S/C14H14N2O3/c1-9(17)15-8-11(14(18)19)6-10-7-16-13-5-3-2-4-12(10)13/h2-5,7-8,11,16H,6H2,1H3,(H,18,19)/t11-/m1/s1. The number of rotatable bonds is 4. The summed E-state index contributed by atoms with van der Waals surface area (Å²) in [4.78, 5) is 28.6. The minimum atomic E-state index is -0.990. The van der Waals surface area contributed by atoms with Crippen LogP contribution in [0, 0.1) is 5.92 Å². The fraction of sp³-hybridized carbons (Fsp3) is 0.214. The normalized spacial score (nSPS) is 12.9. The van der Waals surface area contributed by atoms with E-state index in [-0.39, 0.29) is 0 Å². The van der Waals surface area contributed by atoms with E-state index < -0.39 is 17.8 Å². The second kappa shape index (κ2) is 5.48. The maximum absolute atomic E-state index is 11.2. The molecule has 1 atom stereocenters. The summed E-state index contributed by atoms with van der Waals surface area (Å²) in [5.41, 5.74) is 1.86. The molecule has 0 aliphatic heterocycles. The molecule has 0 radical (unpaired) electrons. The molecule has 0 fully saturated rings. The summed E-state index contributed by atoms with van der Waals surface area (Å²) in [6.07, 6.45) is 3.30. The van der Waals surface area contributed by atoms with Crippen molar-refractivity contribution in [3.63, 3.8) is 0 Å². The number of carbonyl (C=O) groups excluding carboxylic acids is 1. The largest absolute Gasteiger partial charge is 0.481 e. The van der Waals surface area contributed by atoms with E-state index in [0.29, 0.717) is 6.42 Å². The van der Waals surface area contributed by atoms with Gasteiger partial charge in [0, 0.05) is 30.2 Å². The van der Waals surface area contributed by atoms with Crippen molar-refractivity contribution in [2.24, 2.45) is 10.9 Å². The fourth-order valence-corrected chi connectivity index (χ4v) is 1.94. The minimum Gasteiger partial charge on any atom is -0.481 e. The van der Waals surface area contributed by atoms with Crippen LogP contribution in [0.4, 0.5) is 0 Å². The van der Waals surface area contributed by atoms with Crippen LogP contribution in [0.3, 0.4) is 0 Å². The molecule has 98 valence electrons. The van der Waals surface area contributed by atoms with Gasteiger partial charge in [0.05, 0.1) is 5.92 Å². The van der Waals surface area contributed by atoms with Crippen LogP contribution in [0.2, 0.25) is 0 Å². The summed E-state index contributed by atoms with van der Waals surface area (Å²) < 4.78 is 0. The van der Waals surface area contributed by atoms with Crippen molar-refractivity contribution in [2.75, 3.05) is 0 Å². The number of benzene rings is 1. The molecule has 1 amide bonds. The lowest BCUT2D eigenvalue weighted by atomic mass is 10.00. The average Bonchev–Trinajstić information content (AvgIpc) is 2.77. The number of nitrogens with one attached hydrogen (secondary N) is 1. The summed E-state index contributed by atoms with van der Waals surface area (Å²) in [5, 5.41) is 10.1. The van der Waals surface area contributed by atoms with Gasteiger partial charge in [-0.25, -0.2) is 4.99 Å². The highest BCUT2D eigenvalue weighted by atomic mass is 16.4. The summed E-state index contributed by atoms with van der Waals surface area (Å²) in [7, 11) is 0. The summed E-state index contributed by atoms with van der Waals surface area (Å²) in [6, 6.07) is 7.67. The number of hydrogen-bond acceptors (Lipinski definition) is 2. The van der Waals surface area contributed by atoms with E-state index in [1.165, 1.54) is 13.1 Å². The zero-order valence-corrected chi connectivity index (χ0v) is 10.5. The second-order valence-corrected chi connectivity index (χ2v) is 4.31. The molecule has 0 spiro atoms. The Morgan fingerprint density at radius 1 is 1.42 bits per heavy atom. The Morgan fingerprint density at radius 2 is 2.16 bits per heavy atom. The van der Waals surface area contributed by atoms with Crippen LogP contribution >= 0.6 is 0 Å². The van der Waals surface area contributed by atoms with Gasteiger partial charge in [-0.1, -0.05) is 18.2 Å². The lowest BCUT2D eigenvalue weighted by Gasteiger charge is -2.05. The van der Waals surface area contributed by atoms with Gasteiger partial charge in [0.25, 0.3) is 0 Å². The van der Waals surface area contributed by atoms with Crippen LogP contribution in [-0.4, -0.2) is 28.2 Å². The summed E-state index contributed by atoms with van der Waals surface area (Å²) >= 11 is 0. The average molecular weight is 258 g/mol. The lowest BCUT2D eigenvalue weighted by molar-refractivity contribution is -0.139. The molecule has 0 saturated heterocycles. The molecular formula is C14H14N2O3. The zero-order valence-electron chi connectivity index (χ0n) is 10.5. The quantitative estimate of drug-likeness (QED) is 0.823. The van der Waals surface area contributed by atoms with Crippen LogP contribution in [0.5, 0.6) is 0 Å². The number of H-pyrrole nitrogens is 1. The second-order valence-electron chi connectivity index (χ2n) is 4.31. The molecule has 2 rings (SSSR count). The highest BCUT2D eigenvalue weighted by Crippen LogP contribution is 2.20. The van der Waals surface area contributed by atoms with E-state index >= 15 is 0 Å². The number of carboxylic acid groups (broad SMARTS) is 1. The predicted octanol–water partition coefficient (Wildman–Crippen LogP) is 2.03. The number of para-hydroxylation sites is 1. The Balaban J connectivity index is 2.26. The lowest BCUT2D eigenvalue weighted by Crippen LogP contribution is -2.18. The smallest absolute Gasteiger partial charge is 0.312 e. The SMILES string of the molecule is CC(=O)N=C[C@@H](Cc1c[nH]c2ccccc12)C(=O)O. The molecule has 5 heteroatoms. The Bertz CT molecular complexity index is 643. The third kappa shape index (κ3) is 3.07. The highest BCUT2D eigenvalue weighted by Gasteiger charge is 2.17. The first-order chi connectivity index (χ1) is 9.08. The van der Waals surface area contributed by atoms with E-state index in [1.807, 2.05) is 24.3 Å². The Kier molecular flexibility index (Phi) is 3.75. The number of hydrogen-bond donors (Lipinski definition) is 2. The molecule has 2 aromatic rings. The van der Waals surface area contributed by atoms with Gasteiger partial charge in [-0.3, -0.25) is 9.59 Å². The van der Waals surface area contributed by atoms with Crippen LogP contribution < -0.4 is 0 Å². The first-order valence-electron chi connectivity index (χ1n) is 5.90. The van der Waals surface area contributed by atoms with E-state index in [2.05, 4.69) is 9.98 Å². The van der Waals surface area contributed by atoms with Crippen molar-refractivity contribution in [3.8, 4) is 0 Å². The number of aromatic amines is 1. The van der Waals surface area contributed by atoms with Crippen molar-refractivity contribution < 1.29 is 14.7 Å². The summed E-state index contributed by atoms with van der Waals surface area (Å²) in [6.45, 7) is 1.29. The van der Waals surface area contributed by atoms with Crippen LogP contribution in [0.1, 0.15) is 12.5 Å². The zero-order chi connectivity index (χ0) is 13.8. The number of aromatic nitrogens is 1. The van der Waals surface area contributed by atoms with Gasteiger partial charge in [-0.15, -0.1) is 0 Å². The van der Waals surface area contributed by atoms with E-state index in [1.54, 1.807) is 6.20 Å². The third-order valence-electron chi connectivity index (χ3n) is 2.87. The molecule has 0 unspecified atom stereocenters. The molecule has 1 aromatic heterocycles. The van der Waals surface area contributed by atoms with Crippen LogP contribution in [0.15, 0.2) is 35.5 Å². The maximum atomic E-state index is 11.2. The number of nitrogens with zero attached hydrogens (tertiary/aromatic N) is 1. The van der Waals surface area contributed by atoms with Crippen LogP contribution in [-0.2, 0) is 16.0 Å². The molecule has 0 saturated carbocycles. The van der Waals surface area contributed by atoms with Crippen molar-refractivity contribution >= 4 is 29.0 Å². The van der Waals surface area contributed by atoms with Gasteiger partial charge >= 0.3 is 5.97 Å². The topological polar surface area (TPSA) is 82.5 Å². The number of aliphatic carboxylic acids is 1. The number of carboxylic acids is 1. The Labute approximate surface area is 110 Å². The summed E-state index contributed by atoms with van der Waals surface area (Å²) in [5.74, 6) is -2.19. The number of fused-ring (bicyclic) bond motifs is 1. The van der Waals surface area contributed by atoms with Gasteiger partial charge in [0.15, 0.2) is 0 Å². The van der Waals surface area contributed by atoms with Gasteiger partial charge in [-0.2, -0.15) is 0 Å². The van der Waals surface area contributed by atoms with Crippen molar-refractivity contribution in [1.82, 2.24) is 4.98 Å². The van der Waals surface area contributed by atoms with Crippen molar-refractivity contribution in [1.29, 1.82) is 0 Å². The molecule has 1 heterocycles. The number of carbonyl (C=O) groups is 2. The predicted molar refractivity (Wildman–Crippen MR) is 72.3 cm³/mol. The first-order valence-corrected chi connectivity index (χ1v) is 5.90. The third-order valence-corrected chi connectivity index (χ3v) is 2.87. The maximum Gasteiger partial charge on any atom is 0.312 e. The van der Waals surface area contributed by atoms with E-state index in [0.717, 1.165) is 16.5 Å². The highest BCUT2D eigenvalue weighted by molar-refractivity contribution is 5.94.